The van der Waals surface area contributed by atoms with Crippen LogP contribution in [-0.4, -0.2) is 49.5 Å². The first kappa shape index (κ1) is 31.2. The van der Waals surface area contributed by atoms with E-state index in [1.54, 1.807) is 30.3 Å². The van der Waals surface area contributed by atoms with E-state index in [0.717, 1.165) is 21.7 Å². The molecule has 0 radical (unpaired) electrons. The standard InChI is InChI=1S/C31H38ClN3O4S/c1-6-24-16-11-13-19-27(24)35(40(5,38)39)22-29(36)34(21-25-17-10-12-18-26(25)32)28(30(37)33-31(2,3)4)20-23-14-8-7-9-15-23/h7-19,28H,6,20-22H2,1-5H3,(H,33,37)/t28-/m0/s1. The molecule has 1 atom stereocenters. The maximum Gasteiger partial charge on any atom is 0.244 e. The smallest absolute Gasteiger partial charge is 0.244 e. The summed E-state index contributed by atoms with van der Waals surface area (Å²) in [7, 11) is -3.83. The summed E-state index contributed by atoms with van der Waals surface area (Å²) in [5, 5.41) is 3.46. The van der Waals surface area contributed by atoms with Crippen molar-refractivity contribution in [3.8, 4) is 0 Å². The summed E-state index contributed by atoms with van der Waals surface area (Å²) in [5.41, 5.74) is 2.20. The SMILES string of the molecule is CCc1ccccc1N(CC(=O)N(Cc1ccccc1Cl)[C@@H](Cc1ccccc1)C(=O)NC(C)(C)C)S(C)(=O)=O. The minimum Gasteiger partial charge on any atom is -0.350 e. The summed E-state index contributed by atoms with van der Waals surface area (Å²) >= 11 is 6.49. The third-order valence-corrected chi connectivity index (χ3v) is 7.88. The van der Waals surface area contributed by atoms with Crippen molar-refractivity contribution in [2.45, 2.75) is 58.7 Å². The Kier molecular flexibility index (Phi) is 10.4. The van der Waals surface area contributed by atoms with Crippen molar-refractivity contribution in [2.75, 3.05) is 17.1 Å². The van der Waals surface area contributed by atoms with Crippen molar-refractivity contribution >= 4 is 39.1 Å². The Morgan fingerprint density at radius 2 is 1.48 bits per heavy atom. The molecule has 214 valence electrons. The molecule has 0 aliphatic carbocycles. The summed E-state index contributed by atoms with van der Waals surface area (Å²) in [6.07, 6.45) is 1.91. The van der Waals surface area contributed by atoms with Crippen LogP contribution in [0.25, 0.3) is 0 Å². The molecular weight excluding hydrogens is 546 g/mol. The number of aryl methyl sites for hydroxylation is 1. The van der Waals surface area contributed by atoms with Crippen LogP contribution < -0.4 is 9.62 Å². The first-order valence-electron chi connectivity index (χ1n) is 13.2. The van der Waals surface area contributed by atoms with Gasteiger partial charge in [-0.2, -0.15) is 0 Å². The number of anilines is 1. The second-order valence-corrected chi connectivity index (χ2v) is 13.1. The van der Waals surface area contributed by atoms with Crippen LogP contribution in [0.4, 0.5) is 5.69 Å². The number of hydrogen-bond donors (Lipinski definition) is 1. The number of amides is 2. The van der Waals surface area contributed by atoms with Gasteiger partial charge in [0.05, 0.1) is 11.9 Å². The zero-order valence-corrected chi connectivity index (χ0v) is 25.3. The molecule has 0 bridgehead atoms. The highest BCUT2D eigenvalue weighted by Crippen LogP contribution is 2.25. The fourth-order valence-corrected chi connectivity index (χ4v) is 5.54. The molecule has 0 aliphatic rings. The molecule has 0 aliphatic heterocycles. The minimum absolute atomic E-state index is 0.0284. The number of nitrogens with zero attached hydrogens (tertiary/aromatic N) is 2. The molecule has 0 unspecified atom stereocenters. The van der Waals surface area contributed by atoms with Gasteiger partial charge in [-0.25, -0.2) is 8.42 Å². The van der Waals surface area contributed by atoms with Gasteiger partial charge in [-0.05, 0) is 56.0 Å². The molecular formula is C31H38ClN3O4S. The van der Waals surface area contributed by atoms with Crippen molar-refractivity contribution in [2.24, 2.45) is 0 Å². The fraction of sp³-hybridized carbons (Fsp3) is 0.355. The second kappa shape index (κ2) is 13.3. The summed E-state index contributed by atoms with van der Waals surface area (Å²) in [6, 6.07) is 22.7. The van der Waals surface area contributed by atoms with Crippen LogP contribution in [0.2, 0.25) is 5.02 Å². The van der Waals surface area contributed by atoms with Crippen molar-refractivity contribution in [3.05, 3.63) is 101 Å². The number of rotatable bonds is 11. The van der Waals surface area contributed by atoms with Gasteiger partial charge in [0.15, 0.2) is 0 Å². The number of carbonyl (C=O) groups is 2. The van der Waals surface area contributed by atoms with Crippen LogP contribution in [0.15, 0.2) is 78.9 Å². The zero-order valence-electron chi connectivity index (χ0n) is 23.7. The summed E-state index contributed by atoms with van der Waals surface area (Å²) < 4.78 is 27.1. The number of sulfonamides is 1. The monoisotopic (exact) mass is 583 g/mol. The van der Waals surface area contributed by atoms with Gasteiger partial charge in [-0.3, -0.25) is 13.9 Å². The van der Waals surface area contributed by atoms with E-state index < -0.39 is 34.1 Å². The van der Waals surface area contributed by atoms with Gasteiger partial charge in [0, 0.05) is 23.5 Å². The molecule has 3 rings (SSSR count). The number of hydrogen-bond acceptors (Lipinski definition) is 4. The summed E-state index contributed by atoms with van der Waals surface area (Å²) in [5.74, 6) is -0.849. The second-order valence-electron chi connectivity index (χ2n) is 10.8. The third-order valence-electron chi connectivity index (χ3n) is 6.39. The molecule has 7 nitrogen and oxygen atoms in total. The number of para-hydroxylation sites is 1. The van der Waals surface area contributed by atoms with E-state index in [0.29, 0.717) is 22.7 Å². The molecule has 0 aromatic heterocycles. The molecule has 9 heteroatoms. The maximum atomic E-state index is 14.2. The fourth-order valence-electron chi connectivity index (χ4n) is 4.46. The highest BCUT2D eigenvalue weighted by molar-refractivity contribution is 7.92. The Balaban J connectivity index is 2.11. The molecule has 2 amide bonds. The summed E-state index contributed by atoms with van der Waals surface area (Å²) in [4.78, 5) is 29.4. The highest BCUT2D eigenvalue weighted by atomic mass is 35.5. The lowest BCUT2D eigenvalue weighted by atomic mass is 10.0. The first-order chi connectivity index (χ1) is 18.8. The molecule has 3 aromatic rings. The van der Waals surface area contributed by atoms with E-state index >= 15 is 0 Å². The molecule has 0 spiro atoms. The summed E-state index contributed by atoms with van der Waals surface area (Å²) in [6.45, 7) is 7.11. The first-order valence-corrected chi connectivity index (χ1v) is 15.5. The van der Waals surface area contributed by atoms with Crippen LogP contribution >= 0.6 is 11.6 Å². The van der Waals surface area contributed by atoms with Crippen LogP contribution in [-0.2, 0) is 39.0 Å². The van der Waals surface area contributed by atoms with Crippen LogP contribution in [0.3, 0.4) is 0 Å². The largest absolute Gasteiger partial charge is 0.350 e. The van der Waals surface area contributed by atoms with Crippen molar-refractivity contribution in [1.29, 1.82) is 0 Å². The van der Waals surface area contributed by atoms with Crippen molar-refractivity contribution in [3.63, 3.8) is 0 Å². The molecule has 0 heterocycles. The normalized spacial score (nSPS) is 12.4. The van der Waals surface area contributed by atoms with Gasteiger partial charge in [0.2, 0.25) is 21.8 Å². The Morgan fingerprint density at radius 1 is 0.900 bits per heavy atom. The number of carbonyl (C=O) groups excluding carboxylic acids is 2. The lowest BCUT2D eigenvalue weighted by molar-refractivity contribution is -0.140. The average Bonchev–Trinajstić information content (AvgIpc) is 2.89. The molecule has 0 saturated carbocycles. The molecule has 40 heavy (non-hydrogen) atoms. The van der Waals surface area contributed by atoms with Gasteiger partial charge in [-0.15, -0.1) is 0 Å². The van der Waals surface area contributed by atoms with E-state index in [2.05, 4.69) is 5.32 Å². The maximum absolute atomic E-state index is 14.2. The Morgan fingerprint density at radius 3 is 2.05 bits per heavy atom. The topological polar surface area (TPSA) is 86.8 Å². The van der Waals surface area contributed by atoms with E-state index in [1.807, 2.05) is 76.2 Å². The Labute approximate surface area is 243 Å². The predicted molar refractivity (Wildman–Crippen MR) is 162 cm³/mol. The third kappa shape index (κ3) is 8.57. The molecule has 0 saturated heterocycles. The predicted octanol–water partition coefficient (Wildman–Crippen LogP) is 5.22. The van der Waals surface area contributed by atoms with Gasteiger partial charge in [-0.1, -0.05) is 85.3 Å². The van der Waals surface area contributed by atoms with E-state index in [1.165, 1.54) is 4.90 Å². The average molecular weight is 584 g/mol. The number of nitrogens with one attached hydrogen (secondary N) is 1. The van der Waals surface area contributed by atoms with Crippen molar-refractivity contribution in [1.82, 2.24) is 10.2 Å². The van der Waals surface area contributed by atoms with Crippen molar-refractivity contribution < 1.29 is 18.0 Å². The zero-order chi connectivity index (χ0) is 29.5. The van der Waals surface area contributed by atoms with Gasteiger partial charge in [0.25, 0.3) is 0 Å². The Bertz CT molecular complexity index is 1420. The van der Waals surface area contributed by atoms with Gasteiger partial charge < -0.3 is 10.2 Å². The molecule has 1 N–H and O–H groups in total. The van der Waals surface area contributed by atoms with Gasteiger partial charge >= 0.3 is 0 Å². The van der Waals surface area contributed by atoms with Crippen LogP contribution in [0, 0.1) is 0 Å². The van der Waals surface area contributed by atoms with Crippen LogP contribution in [0.1, 0.15) is 44.4 Å². The van der Waals surface area contributed by atoms with E-state index in [9.17, 15) is 18.0 Å². The van der Waals surface area contributed by atoms with E-state index in [-0.39, 0.29) is 18.9 Å². The lowest BCUT2D eigenvalue weighted by Gasteiger charge is -2.35. The lowest BCUT2D eigenvalue weighted by Crippen LogP contribution is -2.56. The number of halogens is 1. The Hall–Kier alpha value is -3.36. The molecule has 0 fully saturated rings. The molecule has 3 aromatic carbocycles. The van der Waals surface area contributed by atoms with E-state index in [4.69, 9.17) is 11.6 Å². The van der Waals surface area contributed by atoms with Crippen LogP contribution in [0.5, 0.6) is 0 Å². The minimum atomic E-state index is -3.83. The number of benzene rings is 3. The quantitative estimate of drug-likeness (QED) is 0.335. The highest BCUT2D eigenvalue weighted by Gasteiger charge is 2.34. The van der Waals surface area contributed by atoms with Gasteiger partial charge in [0.1, 0.15) is 12.6 Å².